The summed E-state index contributed by atoms with van der Waals surface area (Å²) in [7, 11) is 0. The minimum atomic E-state index is -1.47. The Bertz CT molecular complexity index is 1110. The summed E-state index contributed by atoms with van der Waals surface area (Å²) >= 11 is 0. The normalized spacial score (nSPS) is 23.7. The monoisotopic (exact) mass is 559 g/mol. The van der Waals surface area contributed by atoms with Crippen LogP contribution in [-0.2, 0) is 23.9 Å². The molecule has 2 aliphatic rings. The highest BCUT2D eigenvalue weighted by Crippen LogP contribution is 2.29. The average molecular weight is 560 g/mol. The molecule has 0 spiro atoms. The molecule has 2 fully saturated rings. The SMILES string of the molecule is C=C(C)C(=O)NCC1CCC(CNC(=O)C(=C)C(O)c2ccc(C(O)C(=C)C(=O)NCC3CCC(CC)O3)o2)O1. The molecule has 220 valence electrons. The molecule has 3 amide bonds. The maximum Gasteiger partial charge on any atom is 0.249 e. The molecule has 2 aliphatic heterocycles. The number of ether oxygens (including phenoxy) is 2. The molecule has 5 N–H and O–H groups in total. The number of hydrogen-bond donors (Lipinski definition) is 5. The van der Waals surface area contributed by atoms with Gasteiger partial charge in [0.2, 0.25) is 17.7 Å². The van der Waals surface area contributed by atoms with Gasteiger partial charge in [-0.25, -0.2) is 0 Å². The zero-order chi connectivity index (χ0) is 29.4. The van der Waals surface area contributed by atoms with E-state index in [1.165, 1.54) is 12.1 Å². The molecule has 3 heterocycles. The van der Waals surface area contributed by atoms with Crippen LogP contribution in [-0.4, -0.2) is 72.0 Å². The van der Waals surface area contributed by atoms with Gasteiger partial charge in [0, 0.05) is 36.4 Å². The van der Waals surface area contributed by atoms with Crippen molar-refractivity contribution in [3.05, 3.63) is 60.1 Å². The van der Waals surface area contributed by atoms with Crippen molar-refractivity contribution in [2.24, 2.45) is 0 Å². The average Bonchev–Trinajstić information content (AvgIpc) is 3.72. The second kappa shape index (κ2) is 14.4. The van der Waals surface area contributed by atoms with Crippen LogP contribution >= 0.6 is 0 Å². The topological polar surface area (TPSA) is 159 Å². The van der Waals surface area contributed by atoms with E-state index in [9.17, 15) is 24.6 Å². The highest BCUT2D eigenvalue weighted by molar-refractivity contribution is 5.94. The highest BCUT2D eigenvalue weighted by Gasteiger charge is 2.29. The Morgan fingerprint density at radius 1 is 0.775 bits per heavy atom. The van der Waals surface area contributed by atoms with Crippen molar-refractivity contribution in [2.75, 3.05) is 19.6 Å². The summed E-state index contributed by atoms with van der Waals surface area (Å²) in [6, 6.07) is 2.80. The number of furan rings is 1. The number of carbonyl (C=O) groups excluding carboxylic acids is 3. The molecule has 1 aromatic heterocycles. The van der Waals surface area contributed by atoms with Crippen LogP contribution in [0.1, 0.15) is 69.7 Å². The van der Waals surface area contributed by atoms with Gasteiger partial charge in [-0.1, -0.05) is 26.7 Å². The minimum Gasteiger partial charge on any atom is -0.460 e. The third-order valence-electron chi connectivity index (χ3n) is 7.13. The van der Waals surface area contributed by atoms with Crippen molar-refractivity contribution in [3.63, 3.8) is 0 Å². The lowest BCUT2D eigenvalue weighted by Crippen LogP contribution is -2.36. The van der Waals surface area contributed by atoms with Gasteiger partial charge in [-0.2, -0.15) is 0 Å². The lowest BCUT2D eigenvalue weighted by molar-refractivity contribution is -0.120. The van der Waals surface area contributed by atoms with E-state index < -0.39 is 24.0 Å². The molecule has 0 saturated carbocycles. The molecule has 11 nitrogen and oxygen atoms in total. The van der Waals surface area contributed by atoms with Crippen molar-refractivity contribution in [3.8, 4) is 0 Å². The van der Waals surface area contributed by atoms with Gasteiger partial charge in [0.05, 0.1) is 24.4 Å². The van der Waals surface area contributed by atoms with Gasteiger partial charge in [0.15, 0.2) is 0 Å². The highest BCUT2D eigenvalue weighted by atomic mass is 16.5. The third-order valence-corrected chi connectivity index (χ3v) is 7.13. The van der Waals surface area contributed by atoms with E-state index in [1.54, 1.807) is 6.92 Å². The first kappa shape index (κ1) is 31.3. The fourth-order valence-electron chi connectivity index (χ4n) is 4.56. The molecule has 0 aliphatic carbocycles. The summed E-state index contributed by atoms with van der Waals surface area (Å²) in [5.41, 5.74) is 0.144. The summed E-state index contributed by atoms with van der Waals surface area (Å²) in [4.78, 5) is 36.7. The van der Waals surface area contributed by atoms with Crippen LogP contribution in [0.15, 0.2) is 53.0 Å². The van der Waals surface area contributed by atoms with Gasteiger partial charge in [-0.15, -0.1) is 0 Å². The van der Waals surface area contributed by atoms with Gasteiger partial charge in [-0.05, 0) is 51.2 Å². The molecule has 1 aromatic rings. The minimum absolute atomic E-state index is 0.00490. The number of aliphatic hydroxyl groups is 2. The molecule has 0 radical (unpaired) electrons. The Morgan fingerprint density at radius 3 is 1.52 bits per heavy atom. The van der Waals surface area contributed by atoms with Gasteiger partial charge in [0.25, 0.3) is 0 Å². The van der Waals surface area contributed by atoms with Crippen molar-refractivity contribution < 1.29 is 38.5 Å². The molecular formula is C29H41N3O8. The van der Waals surface area contributed by atoms with Crippen molar-refractivity contribution in [1.29, 1.82) is 0 Å². The second-order valence-corrected chi connectivity index (χ2v) is 10.3. The standard InChI is InChI=1S/C29H41N3O8/c1-6-19-7-8-20(38-19)14-31-28(36)17(4)25(33)23-11-12-24(40-23)26(34)18(5)29(37)32-15-22-10-9-21(39-22)13-30-27(35)16(2)3/h11-12,19-22,25-26,33-34H,2,4-10,13-15H2,1,3H3,(H,30,35)(H,31,36)(H,32,37). The number of carbonyl (C=O) groups is 3. The van der Waals surface area contributed by atoms with E-state index in [0.717, 1.165) is 25.7 Å². The van der Waals surface area contributed by atoms with E-state index in [2.05, 4.69) is 42.6 Å². The maximum absolute atomic E-state index is 12.6. The maximum atomic E-state index is 12.6. The Labute approximate surface area is 234 Å². The lowest BCUT2D eigenvalue weighted by atomic mass is 10.1. The van der Waals surface area contributed by atoms with E-state index in [1.807, 2.05) is 0 Å². The van der Waals surface area contributed by atoms with Crippen molar-refractivity contribution in [1.82, 2.24) is 16.0 Å². The fraction of sp³-hybridized carbons (Fsp3) is 0.552. The molecule has 0 bridgehead atoms. The summed E-state index contributed by atoms with van der Waals surface area (Å²) in [6.07, 6.45) is 0.985. The molecule has 2 saturated heterocycles. The number of amides is 3. The molecule has 3 rings (SSSR count). The number of rotatable bonds is 14. The van der Waals surface area contributed by atoms with Crippen LogP contribution < -0.4 is 16.0 Å². The van der Waals surface area contributed by atoms with Crippen LogP contribution in [0.4, 0.5) is 0 Å². The first-order chi connectivity index (χ1) is 19.0. The largest absolute Gasteiger partial charge is 0.460 e. The van der Waals surface area contributed by atoms with Gasteiger partial charge in [-0.3, -0.25) is 14.4 Å². The quantitative estimate of drug-likeness (QED) is 0.216. The molecule has 6 atom stereocenters. The molecule has 11 heteroatoms. The third kappa shape index (κ3) is 8.37. The molecule has 0 aromatic carbocycles. The predicted octanol–water partition coefficient (Wildman–Crippen LogP) is 1.89. The van der Waals surface area contributed by atoms with Crippen LogP contribution in [0.25, 0.3) is 0 Å². The van der Waals surface area contributed by atoms with Crippen LogP contribution in [0.3, 0.4) is 0 Å². The van der Waals surface area contributed by atoms with Crippen LogP contribution in [0, 0.1) is 0 Å². The van der Waals surface area contributed by atoms with Crippen molar-refractivity contribution in [2.45, 2.75) is 82.6 Å². The molecule has 40 heavy (non-hydrogen) atoms. The zero-order valence-corrected chi connectivity index (χ0v) is 23.2. The fourth-order valence-corrected chi connectivity index (χ4v) is 4.56. The predicted molar refractivity (Wildman–Crippen MR) is 147 cm³/mol. The van der Waals surface area contributed by atoms with Crippen LogP contribution in [0.5, 0.6) is 0 Å². The number of nitrogens with one attached hydrogen (secondary N) is 3. The Balaban J connectivity index is 1.43. The number of aliphatic hydroxyl groups excluding tert-OH is 2. The Hall–Kier alpha value is -3.25. The molecular weight excluding hydrogens is 518 g/mol. The zero-order valence-electron chi connectivity index (χ0n) is 23.2. The Kier molecular flexibility index (Phi) is 11.3. The van der Waals surface area contributed by atoms with Gasteiger partial charge < -0.3 is 40.1 Å². The summed E-state index contributed by atoms with van der Waals surface area (Å²) in [6.45, 7) is 15.5. The van der Waals surface area contributed by atoms with Crippen LogP contribution in [0.2, 0.25) is 0 Å². The first-order valence-electron chi connectivity index (χ1n) is 13.6. The first-order valence-corrected chi connectivity index (χ1v) is 13.6. The van der Waals surface area contributed by atoms with Crippen molar-refractivity contribution >= 4 is 17.7 Å². The number of hydrogen-bond acceptors (Lipinski definition) is 8. The lowest BCUT2D eigenvalue weighted by Gasteiger charge is -2.17. The summed E-state index contributed by atoms with van der Waals surface area (Å²) < 4.78 is 17.2. The van der Waals surface area contributed by atoms with E-state index >= 15 is 0 Å². The van der Waals surface area contributed by atoms with Gasteiger partial charge >= 0.3 is 0 Å². The van der Waals surface area contributed by atoms with Gasteiger partial charge in [0.1, 0.15) is 23.7 Å². The van der Waals surface area contributed by atoms with E-state index in [0.29, 0.717) is 25.1 Å². The summed E-state index contributed by atoms with van der Waals surface area (Å²) in [5.74, 6) is -1.37. The second-order valence-electron chi connectivity index (χ2n) is 10.3. The smallest absolute Gasteiger partial charge is 0.249 e. The van der Waals surface area contributed by atoms with E-state index in [-0.39, 0.29) is 59.5 Å². The Morgan fingerprint density at radius 2 is 1.15 bits per heavy atom. The van der Waals surface area contributed by atoms with E-state index in [4.69, 9.17) is 13.9 Å². The molecule has 6 unspecified atom stereocenters. The summed E-state index contributed by atoms with van der Waals surface area (Å²) in [5, 5.41) is 29.4.